The molecule has 0 aromatic carbocycles. The lowest BCUT2D eigenvalue weighted by Crippen LogP contribution is -2.44. The standard InChI is InChI=1S/C22H25N3O3S/c1-23-10-2-5-18(23)14-24(15-19-6-3-11-28-19)22(27)16-25(17-8-9-17)21(26)13-20-7-4-12-29-20/h2-7,10-12,17H,8-9,13-16H2,1H3. The summed E-state index contributed by atoms with van der Waals surface area (Å²) in [6, 6.07) is 11.8. The molecular formula is C22H25N3O3S. The average molecular weight is 412 g/mol. The highest BCUT2D eigenvalue weighted by Crippen LogP contribution is 2.28. The van der Waals surface area contributed by atoms with E-state index in [4.69, 9.17) is 4.42 Å². The Morgan fingerprint density at radius 3 is 2.62 bits per heavy atom. The first-order valence-corrected chi connectivity index (χ1v) is 10.7. The number of hydrogen-bond donors (Lipinski definition) is 0. The van der Waals surface area contributed by atoms with Crippen molar-refractivity contribution in [2.45, 2.75) is 38.4 Å². The van der Waals surface area contributed by atoms with Gasteiger partial charge in [-0.1, -0.05) is 6.07 Å². The average Bonchev–Trinajstić information content (AvgIpc) is 3.07. The third-order valence-corrected chi connectivity index (χ3v) is 6.08. The zero-order chi connectivity index (χ0) is 20.2. The summed E-state index contributed by atoms with van der Waals surface area (Å²) in [5.41, 5.74) is 1.03. The second kappa shape index (κ2) is 8.69. The highest BCUT2D eigenvalue weighted by Gasteiger charge is 2.35. The molecule has 152 valence electrons. The summed E-state index contributed by atoms with van der Waals surface area (Å²) >= 11 is 1.58. The van der Waals surface area contributed by atoms with E-state index in [1.54, 1.807) is 27.4 Å². The van der Waals surface area contributed by atoms with Crippen LogP contribution in [0.25, 0.3) is 0 Å². The molecule has 3 aromatic heterocycles. The van der Waals surface area contributed by atoms with Crippen molar-refractivity contribution < 1.29 is 14.0 Å². The Hall–Kier alpha value is -2.80. The van der Waals surface area contributed by atoms with Crippen molar-refractivity contribution in [3.63, 3.8) is 0 Å². The Labute approximate surface area is 174 Å². The fourth-order valence-corrected chi connectivity index (χ4v) is 4.09. The number of aryl methyl sites for hydroxylation is 1. The fourth-order valence-electron chi connectivity index (χ4n) is 3.40. The predicted molar refractivity (Wildman–Crippen MR) is 111 cm³/mol. The lowest BCUT2D eigenvalue weighted by atomic mass is 10.2. The Morgan fingerprint density at radius 2 is 2.00 bits per heavy atom. The van der Waals surface area contributed by atoms with Crippen LogP contribution in [0.15, 0.2) is 58.7 Å². The summed E-state index contributed by atoms with van der Waals surface area (Å²) in [6.45, 7) is 0.968. The van der Waals surface area contributed by atoms with E-state index in [0.29, 0.717) is 19.5 Å². The van der Waals surface area contributed by atoms with Gasteiger partial charge >= 0.3 is 0 Å². The molecule has 0 bridgehead atoms. The van der Waals surface area contributed by atoms with Gasteiger partial charge in [-0.05, 0) is 48.6 Å². The minimum atomic E-state index is -0.0611. The molecule has 0 atom stereocenters. The second-order valence-electron chi connectivity index (χ2n) is 7.45. The van der Waals surface area contributed by atoms with Gasteiger partial charge in [0, 0.05) is 29.9 Å². The van der Waals surface area contributed by atoms with Crippen molar-refractivity contribution in [1.82, 2.24) is 14.4 Å². The van der Waals surface area contributed by atoms with Gasteiger partial charge in [0.25, 0.3) is 0 Å². The van der Waals surface area contributed by atoms with Gasteiger partial charge in [0.2, 0.25) is 11.8 Å². The molecule has 0 radical (unpaired) electrons. The molecule has 6 nitrogen and oxygen atoms in total. The molecule has 1 aliphatic rings. The minimum Gasteiger partial charge on any atom is -0.467 e. The molecule has 1 aliphatic carbocycles. The van der Waals surface area contributed by atoms with Crippen molar-refractivity contribution in [1.29, 1.82) is 0 Å². The summed E-state index contributed by atoms with van der Waals surface area (Å²) in [7, 11) is 1.96. The smallest absolute Gasteiger partial charge is 0.242 e. The number of furan rings is 1. The first kappa shape index (κ1) is 19.5. The van der Waals surface area contributed by atoms with Crippen molar-refractivity contribution in [3.8, 4) is 0 Å². The van der Waals surface area contributed by atoms with E-state index in [0.717, 1.165) is 29.2 Å². The molecule has 2 amide bonds. The van der Waals surface area contributed by atoms with Crippen LogP contribution in [0.1, 0.15) is 29.2 Å². The van der Waals surface area contributed by atoms with E-state index in [9.17, 15) is 9.59 Å². The van der Waals surface area contributed by atoms with Gasteiger partial charge in [0.1, 0.15) is 12.3 Å². The summed E-state index contributed by atoms with van der Waals surface area (Å²) in [6.07, 6.45) is 5.88. The lowest BCUT2D eigenvalue weighted by Gasteiger charge is -2.27. The number of hydrogen-bond acceptors (Lipinski definition) is 4. The van der Waals surface area contributed by atoms with Crippen molar-refractivity contribution >= 4 is 23.2 Å². The number of amides is 2. The maximum Gasteiger partial charge on any atom is 0.242 e. The molecule has 0 spiro atoms. The summed E-state index contributed by atoms with van der Waals surface area (Å²) in [5, 5.41) is 1.97. The first-order chi connectivity index (χ1) is 14.1. The second-order valence-corrected chi connectivity index (χ2v) is 8.48. The molecule has 1 fully saturated rings. The highest BCUT2D eigenvalue weighted by atomic mass is 32.1. The third kappa shape index (κ3) is 4.98. The molecule has 0 unspecified atom stereocenters. The van der Waals surface area contributed by atoms with E-state index in [2.05, 4.69) is 0 Å². The van der Waals surface area contributed by atoms with Crippen molar-refractivity contribution in [3.05, 3.63) is 70.6 Å². The third-order valence-electron chi connectivity index (χ3n) is 5.20. The highest BCUT2D eigenvalue weighted by molar-refractivity contribution is 7.10. The number of nitrogens with zero attached hydrogens (tertiary/aromatic N) is 3. The topological polar surface area (TPSA) is 58.7 Å². The molecule has 1 saturated carbocycles. The van der Waals surface area contributed by atoms with Gasteiger partial charge in [0.05, 0.1) is 25.8 Å². The van der Waals surface area contributed by atoms with E-state index in [1.165, 1.54) is 0 Å². The van der Waals surface area contributed by atoms with E-state index in [-0.39, 0.29) is 24.4 Å². The van der Waals surface area contributed by atoms with Crippen LogP contribution in [0.2, 0.25) is 0 Å². The summed E-state index contributed by atoms with van der Waals surface area (Å²) < 4.78 is 7.47. The van der Waals surface area contributed by atoms with E-state index >= 15 is 0 Å². The van der Waals surface area contributed by atoms with Crippen LogP contribution in [0.3, 0.4) is 0 Å². The number of thiophene rings is 1. The van der Waals surface area contributed by atoms with Crippen molar-refractivity contribution in [2.24, 2.45) is 7.05 Å². The zero-order valence-corrected chi connectivity index (χ0v) is 17.3. The van der Waals surface area contributed by atoms with Crippen LogP contribution in [0, 0.1) is 0 Å². The molecule has 3 heterocycles. The molecule has 29 heavy (non-hydrogen) atoms. The molecule has 3 aromatic rings. The van der Waals surface area contributed by atoms with Gasteiger partial charge < -0.3 is 18.8 Å². The molecule has 0 saturated heterocycles. The van der Waals surface area contributed by atoms with E-state index < -0.39 is 0 Å². The van der Waals surface area contributed by atoms with Crippen LogP contribution in [-0.2, 0) is 36.1 Å². The minimum absolute atomic E-state index is 0.0279. The largest absolute Gasteiger partial charge is 0.467 e. The van der Waals surface area contributed by atoms with E-state index in [1.807, 2.05) is 59.6 Å². The van der Waals surface area contributed by atoms with Gasteiger partial charge in [-0.2, -0.15) is 0 Å². The molecule has 4 rings (SSSR count). The maximum absolute atomic E-state index is 13.2. The van der Waals surface area contributed by atoms with Gasteiger partial charge in [-0.3, -0.25) is 9.59 Å². The van der Waals surface area contributed by atoms with Crippen LogP contribution < -0.4 is 0 Å². The summed E-state index contributed by atoms with van der Waals surface area (Å²) in [5.74, 6) is 0.699. The van der Waals surface area contributed by atoms with Gasteiger partial charge in [-0.15, -0.1) is 11.3 Å². The maximum atomic E-state index is 13.2. The summed E-state index contributed by atoms with van der Waals surface area (Å²) in [4.78, 5) is 30.7. The fraction of sp³-hybridized carbons (Fsp3) is 0.364. The monoisotopic (exact) mass is 411 g/mol. The van der Waals surface area contributed by atoms with Gasteiger partial charge in [-0.25, -0.2) is 0 Å². The number of carbonyl (C=O) groups is 2. The SMILES string of the molecule is Cn1cccc1CN(Cc1ccco1)C(=O)CN(C(=O)Cc1cccs1)C1CC1. The van der Waals surface area contributed by atoms with Crippen LogP contribution in [0.4, 0.5) is 0 Å². The van der Waals surface area contributed by atoms with Gasteiger partial charge in [0.15, 0.2) is 0 Å². The Kier molecular flexibility index (Phi) is 5.85. The number of rotatable bonds is 9. The normalized spacial score (nSPS) is 13.4. The van der Waals surface area contributed by atoms with Crippen LogP contribution >= 0.6 is 11.3 Å². The Morgan fingerprint density at radius 1 is 1.14 bits per heavy atom. The quantitative estimate of drug-likeness (QED) is 0.542. The first-order valence-electron chi connectivity index (χ1n) is 9.82. The number of aromatic nitrogens is 1. The van der Waals surface area contributed by atoms with Crippen LogP contribution in [-0.4, -0.2) is 38.8 Å². The molecular weight excluding hydrogens is 386 g/mol. The molecule has 7 heteroatoms. The zero-order valence-electron chi connectivity index (χ0n) is 16.5. The van der Waals surface area contributed by atoms with Crippen LogP contribution in [0.5, 0.6) is 0 Å². The Balaban J connectivity index is 1.47. The predicted octanol–water partition coefficient (Wildman–Crippen LogP) is 3.44. The van der Waals surface area contributed by atoms with Crippen molar-refractivity contribution in [2.75, 3.05) is 6.54 Å². The molecule has 0 aliphatic heterocycles. The Bertz CT molecular complexity index is 942. The number of carbonyl (C=O) groups excluding carboxylic acids is 2. The molecule has 0 N–H and O–H groups in total. The lowest BCUT2D eigenvalue weighted by molar-refractivity contribution is -0.141.